The summed E-state index contributed by atoms with van der Waals surface area (Å²) in [5.41, 5.74) is 4.35. The van der Waals surface area contributed by atoms with E-state index in [1.54, 1.807) is 0 Å². The second kappa shape index (κ2) is 5.72. The van der Waals surface area contributed by atoms with Crippen LogP contribution >= 0.6 is 62.1 Å². The molecule has 0 aliphatic carbocycles. The summed E-state index contributed by atoms with van der Waals surface area (Å²) < 4.78 is 1.37. The quantitative estimate of drug-likeness (QED) is 0.499. The van der Waals surface area contributed by atoms with Crippen LogP contribution in [0.2, 0.25) is 13.7 Å². The van der Waals surface area contributed by atoms with Gasteiger partial charge in [0.05, 0.1) is 13.5 Å². The molecule has 0 spiro atoms. The van der Waals surface area contributed by atoms with Crippen LogP contribution in [0.1, 0.15) is 27.1 Å². The van der Waals surface area contributed by atoms with Crippen LogP contribution in [0.4, 0.5) is 0 Å². The van der Waals surface area contributed by atoms with Crippen molar-refractivity contribution in [1.29, 1.82) is 0 Å². The van der Waals surface area contributed by atoms with Gasteiger partial charge in [-0.05, 0) is 42.7 Å². The number of aryl methyl sites for hydroxylation is 2. The summed E-state index contributed by atoms with van der Waals surface area (Å²) in [5.74, 6) is 0. The van der Waals surface area contributed by atoms with E-state index < -0.39 is 0 Å². The van der Waals surface area contributed by atoms with Crippen LogP contribution in [0.3, 0.4) is 0 Å². The van der Waals surface area contributed by atoms with Crippen molar-refractivity contribution < 1.29 is 0 Å². The number of alkyl halides is 1. The van der Waals surface area contributed by atoms with Gasteiger partial charge in [-0.1, -0.05) is 56.8 Å². The summed E-state index contributed by atoms with van der Waals surface area (Å²) in [5, 5.41) is 0.735. The molecule has 0 nitrogen and oxygen atoms in total. The highest BCUT2D eigenvalue weighted by molar-refractivity contribution is 9.09. The number of rotatable bonds is 2. The van der Waals surface area contributed by atoms with Gasteiger partial charge in [0, 0.05) is 10.6 Å². The van der Waals surface area contributed by atoms with Gasteiger partial charge < -0.3 is 0 Å². The molecule has 0 fully saturated rings. The van der Waals surface area contributed by atoms with Gasteiger partial charge in [0.1, 0.15) is 0 Å². The zero-order valence-corrected chi connectivity index (χ0v) is 14.4. The summed E-state index contributed by atoms with van der Waals surface area (Å²) in [4.78, 5) is -0.0412. The second-order valence-corrected chi connectivity index (χ2v) is 7.71. The highest BCUT2D eigenvalue weighted by Gasteiger charge is 2.19. The first-order valence-corrected chi connectivity index (χ1v) is 8.12. The molecule has 5 heteroatoms. The average molecular weight is 385 g/mol. The van der Waals surface area contributed by atoms with Crippen molar-refractivity contribution in [2.24, 2.45) is 0 Å². The van der Waals surface area contributed by atoms with Gasteiger partial charge in [-0.3, -0.25) is 0 Å². The molecule has 1 aromatic carbocycles. The molecule has 0 N–H and O–H groups in total. The molecule has 1 heterocycles. The molecule has 0 radical (unpaired) electrons. The molecule has 0 aliphatic rings. The lowest BCUT2D eigenvalue weighted by Gasteiger charge is -2.14. The van der Waals surface area contributed by atoms with Gasteiger partial charge in [0.2, 0.25) is 0 Å². The molecule has 96 valence electrons. The highest BCUT2D eigenvalue weighted by atomic mass is 79.9. The lowest BCUT2D eigenvalue weighted by Crippen LogP contribution is -1.95. The van der Waals surface area contributed by atoms with E-state index in [-0.39, 0.29) is 4.83 Å². The van der Waals surface area contributed by atoms with Crippen molar-refractivity contribution in [3.05, 3.63) is 54.1 Å². The monoisotopic (exact) mass is 382 g/mol. The molecule has 18 heavy (non-hydrogen) atoms. The van der Waals surface area contributed by atoms with E-state index in [0.717, 1.165) is 16.1 Å². The normalized spacial score (nSPS) is 12.8. The maximum Gasteiger partial charge on any atom is 0.0990 e. The van der Waals surface area contributed by atoms with Crippen molar-refractivity contribution in [2.75, 3.05) is 0 Å². The topological polar surface area (TPSA) is 0 Å². The van der Waals surface area contributed by atoms with E-state index in [1.165, 1.54) is 22.5 Å². The summed E-state index contributed by atoms with van der Waals surface area (Å²) >= 11 is 23.5. The van der Waals surface area contributed by atoms with Crippen molar-refractivity contribution in [2.45, 2.75) is 18.7 Å². The first-order chi connectivity index (χ1) is 8.40. The third-order valence-electron chi connectivity index (χ3n) is 2.84. The van der Waals surface area contributed by atoms with Gasteiger partial charge >= 0.3 is 0 Å². The first-order valence-electron chi connectivity index (χ1n) is 5.25. The fraction of sp³-hybridized carbons (Fsp3) is 0.231. The highest BCUT2D eigenvalue weighted by Crippen LogP contribution is 2.43. The van der Waals surface area contributed by atoms with E-state index in [0.29, 0.717) is 8.67 Å². The zero-order valence-electron chi connectivity index (χ0n) is 9.73. The second-order valence-electron chi connectivity index (χ2n) is 4.10. The summed E-state index contributed by atoms with van der Waals surface area (Å²) in [6.45, 7) is 4.11. The van der Waals surface area contributed by atoms with E-state index in [9.17, 15) is 0 Å². The molecule has 2 aromatic rings. The van der Waals surface area contributed by atoms with Crippen LogP contribution in [-0.4, -0.2) is 0 Å². The Hall–Kier alpha value is 0.270. The minimum absolute atomic E-state index is 0.0412. The molecule has 2 rings (SSSR count). The van der Waals surface area contributed by atoms with Crippen molar-refractivity contribution in [3.63, 3.8) is 0 Å². The molecule has 0 amide bonds. The minimum Gasteiger partial charge on any atom is -0.111 e. The van der Waals surface area contributed by atoms with E-state index in [2.05, 4.69) is 28.9 Å². The zero-order chi connectivity index (χ0) is 13.4. The van der Waals surface area contributed by atoms with E-state index >= 15 is 0 Å². The van der Waals surface area contributed by atoms with Crippen molar-refractivity contribution >= 4 is 62.1 Å². The third-order valence-corrected chi connectivity index (χ3v) is 5.67. The lowest BCUT2D eigenvalue weighted by molar-refractivity contribution is 1.17. The smallest absolute Gasteiger partial charge is 0.0990 e. The van der Waals surface area contributed by atoms with Crippen molar-refractivity contribution in [1.82, 2.24) is 0 Å². The first kappa shape index (κ1) is 14.7. The number of thiophene rings is 1. The van der Waals surface area contributed by atoms with Gasteiger partial charge in [0.15, 0.2) is 0 Å². The molecule has 1 unspecified atom stereocenters. The number of benzene rings is 1. The number of halogens is 4. The lowest BCUT2D eigenvalue weighted by atomic mass is 10.0. The van der Waals surface area contributed by atoms with Crippen molar-refractivity contribution in [3.8, 4) is 0 Å². The van der Waals surface area contributed by atoms with E-state index in [4.69, 9.17) is 34.8 Å². The van der Waals surface area contributed by atoms with Crippen LogP contribution in [0.25, 0.3) is 0 Å². The molecule has 0 bridgehead atoms. The molecule has 0 saturated heterocycles. The summed E-state index contributed by atoms with van der Waals surface area (Å²) in [6.07, 6.45) is 0. The Labute approximate surface area is 134 Å². The van der Waals surface area contributed by atoms with Crippen LogP contribution in [0, 0.1) is 13.8 Å². The Morgan fingerprint density at radius 3 is 2.17 bits per heavy atom. The van der Waals surface area contributed by atoms with Crippen LogP contribution < -0.4 is 0 Å². The SMILES string of the molecule is Cc1cc(Cl)c(C(Br)c2cc(Cl)sc2Cl)cc1C. The fourth-order valence-corrected chi connectivity index (χ4v) is 4.71. The molecule has 0 aliphatic heterocycles. The Bertz CT molecular complexity index is 592. The van der Waals surface area contributed by atoms with Gasteiger partial charge in [-0.2, -0.15) is 0 Å². The molecular weight excluding hydrogens is 374 g/mol. The van der Waals surface area contributed by atoms with Gasteiger partial charge in [0.25, 0.3) is 0 Å². The van der Waals surface area contributed by atoms with Crippen LogP contribution in [0.15, 0.2) is 18.2 Å². The predicted octanol–water partition coefficient (Wildman–Crippen LogP) is 6.81. The van der Waals surface area contributed by atoms with Gasteiger partial charge in [-0.25, -0.2) is 0 Å². The van der Waals surface area contributed by atoms with E-state index in [1.807, 2.05) is 19.1 Å². The third kappa shape index (κ3) is 2.88. The largest absolute Gasteiger partial charge is 0.111 e. The minimum atomic E-state index is -0.0412. The Morgan fingerprint density at radius 2 is 1.61 bits per heavy atom. The summed E-state index contributed by atoms with van der Waals surface area (Å²) in [7, 11) is 0. The summed E-state index contributed by atoms with van der Waals surface area (Å²) in [6, 6.07) is 5.93. The standard InChI is InChI=1S/C13H10BrCl3S/c1-6-3-8(10(15)4-7(6)2)12(14)9-5-11(16)18-13(9)17/h3-5,12H,1-2H3. The Morgan fingerprint density at radius 1 is 1.00 bits per heavy atom. The molecule has 1 atom stereocenters. The maximum absolute atomic E-state index is 6.30. The maximum atomic E-state index is 6.30. The number of hydrogen-bond acceptors (Lipinski definition) is 1. The van der Waals surface area contributed by atoms with Gasteiger partial charge in [-0.15, -0.1) is 11.3 Å². The fourth-order valence-electron chi connectivity index (χ4n) is 1.69. The Balaban J connectivity index is 2.49. The number of hydrogen-bond donors (Lipinski definition) is 0. The molecule has 1 aromatic heterocycles. The molecular formula is C13H10BrCl3S. The Kier molecular flexibility index (Phi) is 4.66. The molecule has 0 saturated carbocycles. The van der Waals surface area contributed by atoms with Crippen LogP contribution in [0.5, 0.6) is 0 Å². The van der Waals surface area contributed by atoms with Crippen LogP contribution in [-0.2, 0) is 0 Å². The predicted molar refractivity (Wildman–Crippen MR) is 86.0 cm³/mol. The average Bonchev–Trinajstić information content (AvgIpc) is 2.62.